The lowest BCUT2D eigenvalue weighted by molar-refractivity contribution is 0.262. The van der Waals surface area contributed by atoms with Crippen molar-refractivity contribution in [2.75, 3.05) is 27.3 Å². The Morgan fingerprint density at radius 1 is 1.25 bits per heavy atom. The third kappa shape index (κ3) is 1.87. The van der Waals surface area contributed by atoms with E-state index in [-0.39, 0.29) is 0 Å². The van der Waals surface area contributed by atoms with E-state index in [1.165, 1.54) is 11.1 Å². The molecule has 1 aliphatic rings. The van der Waals surface area contributed by atoms with Crippen LogP contribution < -0.4 is 9.47 Å². The fourth-order valence-corrected chi connectivity index (χ4v) is 2.31. The van der Waals surface area contributed by atoms with Crippen molar-refractivity contribution < 1.29 is 9.47 Å². The minimum absolute atomic E-state index is 0.839. The highest BCUT2D eigenvalue weighted by molar-refractivity contribution is 5.51. The summed E-state index contributed by atoms with van der Waals surface area (Å²) in [7, 11) is 3.40. The van der Waals surface area contributed by atoms with Gasteiger partial charge in [-0.3, -0.25) is 4.90 Å². The van der Waals surface area contributed by atoms with Gasteiger partial charge in [-0.05, 0) is 24.6 Å². The van der Waals surface area contributed by atoms with Crippen molar-refractivity contribution in [3.63, 3.8) is 0 Å². The quantitative estimate of drug-likeness (QED) is 0.780. The maximum atomic E-state index is 5.46. The van der Waals surface area contributed by atoms with Gasteiger partial charge in [0.05, 0.1) is 14.2 Å². The molecule has 3 heteroatoms. The minimum atomic E-state index is 0.839. The monoisotopic (exact) mass is 221 g/mol. The summed E-state index contributed by atoms with van der Waals surface area (Å²) in [5.74, 6) is 1.75. The van der Waals surface area contributed by atoms with E-state index in [0.29, 0.717) is 0 Å². The molecule has 3 nitrogen and oxygen atoms in total. The summed E-state index contributed by atoms with van der Waals surface area (Å²) in [6.07, 6.45) is 1.05. The first-order valence-corrected chi connectivity index (χ1v) is 5.75. The smallest absolute Gasteiger partial charge is 0.164 e. The average Bonchev–Trinajstić information content (AvgIpc) is 2.36. The standard InChI is InChI=1S/C13H19NO2/c1-4-14-8-7-11-10(9-14)5-6-12(15-2)13(11)16-3/h5-6H,4,7-9H2,1-3H3. The summed E-state index contributed by atoms with van der Waals surface area (Å²) in [6, 6.07) is 4.15. The van der Waals surface area contributed by atoms with E-state index >= 15 is 0 Å². The molecule has 1 heterocycles. The van der Waals surface area contributed by atoms with E-state index in [1.54, 1.807) is 14.2 Å². The number of methoxy groups -OCH3 is 2. The molecule has 88 valence electrons. The Bertz CT molecular complexity index is 376. The van der Waals surface area contributed by atoms with Gasteiger partial charge in [0.15, 0.2) is 11.5 Å². The third-order valence-corrected chi connectivity index (χ3v) is 3.26. The Morgan fingerprint density at radius 3 is 2.69 bits per heavy atom. The predicted molar refractivity (Wildman–Crippen MR) is 64.2 cm³/mol. The molecule has 0 aliphatic carbocycles. The fraction of sp³-hybridized carbons (Fsp3) is 0.538. The maximum Gasteiger partial charge on any atom is 0.164 e. The van der Waals surface area contributed by atoms with E-state index in [4.69, 9.17) is 9.47 Å². The number of likely N-dealkylation sites (N-methyl/N-ethyl adjacent to an activating group) is 1. The van der Waals surface area contributed by atoms with Gasteiger partial charge in [-0.1, -0.05) is 13.0 Å². The van der Waals surface area contributed by atoms with Crippen molar-refractivity contribution in [3.8, 4) is 11.5 Å². The zero-order chi connectivity index (χ0) is 11.5. The molecule has 0 aromatic heterocycles. The topological polar surface area (TPSA) is 21.7 Å². The molecule has 0 atom stereocenters. The number of rotatable bonds is 3. The molecule has 0 saturated heterocycles. The van der Waals surface area contributed by atoms with Crippen LogP contribution in [0.2, 0.25) is 0 Å². The highest BCUT2D eigenvalue weighted by Gasteiger charge is 2.20. The number of fused-ring (bicyclic) bond motifs is 1. The molecule has 1 aromatic carbocycles. The van der Waals surface area contributed by atoms with Crippen LogP contribution in [0.1, 0.15) is 18.1 Å². The molecule has 0 fully saturated rings. The molecule has 0 spiro atoms. The summed E-state index contributed by atoms with van der Waals surface area (Å²) in [5.41, 5.74) is 2.68. The first kappa shape index (κ1) is 11.3. The summed E-state index contributed by atoms with van der Waals surface area (Å²) in [4.78, 5) is 2.44. The van der Waals surface area contributed by atoms with Crippen LogP contribution in [0, 0.1) is 0 Å². The van der Waals surface area contributed by atoms with E-state index in [1.807, 2.05) is 6.07 Å². The van der Waals surface area contributed by atoms with E-state index in [0.717, 1.165) is 37.6 Å². The Balaban J connectivity index is 2.38. The van der Waals surface area contributed by atoms with Crippen LogP contribution in [0.25, 0.3) is 0 Å². The predicted octanol–water partition coefficient (Wildman–Crippen LogP) is 2.08. The number of ether oxygens (including phenoxy) is 2. The molecule has 2 rings (SSSR count). The van der Waals surface area contributed by atoms with Crippen molar-refractivity contribution in [3.05, 3.63) is 23.3 Å². The van der Waals surface area contributed by atoms with Gasteiger partial charge in [0, 0.05) is 18.7 Å². The number of nitrogens with zero attached hydrogens (tertiary/aromatic N) is 1. The van der Waals surface area contributed by atoms with Crippen LogP contribution in [0.4, 0.5) is 0 Å². The Morgan fingerprint density at radius 2 is 2.06 bits per heavy atom. The third-order valence-electron chi connectivity index (χ3n) is 3.26. The molecule has 16 heavy (non-hydrogen) atoms. The van der Waals surface area contributed by atoms with Crippen molar-refractivity contribution in [1.29, 1.82) is 0 Å². The SMILES string of the molecule is CCN1CCc2c(ccc(OC)c2OC)C1. The van der Waals surface area contributed by atoms with Crippen LogP contribution >= 0.6 is 0 Å². The van der Waals surface area contributed by atoms with E-state index in [2.05, 4.69) is 17.9 Å². The maximum absolute atomic E-state index is 5.46. The molecule has 0 bridgehead atoms. The summed E-state index contributed by atoms with van der Waals surface area (Å²) < 4.78 is 10.8. The zero-order valence-corrected chi connectivity index (χ0v) is 10.2. The van der Waals surface area contributed by atoms with Gasteiger partial charge < -0.3 is 9.47 Å². The first-order valence-electron chi connectivity index (χ1n) is 5.75. The van der Waals surface area contributed by atoms with Crippen LogP contribution in [0.5, 0.6) is 11.5 Å². The second-order valence-electron chi connectivity index (χ2n) is 4.06. The normalized spacial score (nSPS) is 15.7. The molecular weight excluding hydrogens is 202 g/mol. The highest BCUT2D eigenvalue weighted by atomic mass is 16.5. The largest absolute Gasteiger partial charge is 0.493 e. The molecule has 1 aliphatic heterocycles. The Hall–Kier alpha value is -1.22. The van der Waals surface area contributed by atoms with Crippen molar-refractivity contribution in [2.45, 2.75) is 19.9 Å². The lowest BCUT2D eigenvalue weighted by Gasteiger charge is -2.29. The zero-order valence-electron chi connectivity index (χ0n) is 10.2. The fourth-order valence-electron chi connectivity index (χ4n) is 2.31. The molecule has 0 saturated carbocycles. The molecule has 0 unspecified atom stereocenters. The van der Waals surface area contributed by atoms with Crippen LogP contribution in [0.3, 0.4) is 0 Å². The average molecular weight is 221 g/mol. The lowest BCUT2D eigenvalue weighted by Crippen LogP contribution is -2.30. The Kier molecular flexibility index (Phi) is 3.34. The summed E-state index contributed by atoms with van der Waals surface area (Å²) in [5, 5.41) is 0. The second kappa shape index (κ2) is 4.74. The minimum Gasteiger partial charge on any atom is -0.493 e. The number of hydrogen-bond donors (Lipinski definition) is 0. The van der Waals surface area contributed by atoms with Gasteiger partial charge in [0.25, 0.3) is 0 Å². The van der Waals surface area contributed by atoms with Crippen molar-refractivity contribution in [2.24, 2.45) is 0 Å². The molecule has 0 amide bonds. The van der Waals surface area contributed by atoms with Crippen molar-refractivity contribution in [1.82, 2.24) is 4.90 Å². The molecule has 0 radical (unpaired) electrons. The second-order valence-corrected chi connectivity index (χ2v) is 4.06. The van der Waals surface area contributed by atoms with Gasteiger partial charge in [0.1, 0.15) is 0 Å². The molecular formula is C13H19NO2. The number of hydrogen-bond acceptors (Lipinski definition) is 3. The van der Waals surface area contributed by atoms with E-state index < -0.39 is 0 Å². The van der Waals surface area contributed by atoms with Crippen LogP contribution in [-0.4, -0.2) is 32.2 Å². The van der Waals surface area contributed by atoms with Crippen molar-refractivity contribution >= 4 is 0 Å². The van der Waals surface area contributed by atoms with Gasteiger partial charge in [-0.25, -0.2) is 0 Å². The number of benzene rings is 1. The van der Waals surface area contributed by atoms with Gasteiger partial charge in [-0.2, -0.15) is 0 Å². The van der Waals surface area contributed by atoms with Gasteiger partial charge in [-0.15, -0.1) is 0 Å². The van der Waals surface area contributed by atoms with Crippen LogP contribution in [-0.2, 0) is 13.0 Å². The molecule has 0 N–H and O–H groups in total. The van der Waals surface area contributed by atoms with E-state index in [9.17, 15) is 0 Å². The highest BCUT2D eigenvalue weighted by Crippen LogP contribution is 2.36. The summed E-state index contributed by atoms with van der Waals surface area (Å²) >= 11 is 0. The lowest BCUT2D eigenvalue weighted by atomic mass is 9.98. The van der Waals surface area contributed by atoms with Gasteiger partial charge in [0.2, 0.25) is 0 Å². The van der Waals surface area contributed by atoms with Crippen LogP contribution in [0.15, 0.2) is 12.1 Å². The first-order chi connectivity index (χ1) is 7.80. The van der Waals surface area contributed by atoms with Gasteiger partial charge >= 0.3 is 0 Å². The molecule has 1 aromatic rings. The summed E-state index contributed by atoms with van der Waals surface area (Å²) in [6.45, 7) is 5.43. The Labute approximate surface area is 97.0 Å².